The average molecular weight is 186 g/mol. The normalized spacial score (nSPS) is 18.8. The molecule has 0 unspecified atom stereocenters. The summed E-state index contributed by atoms with van der Waals surface area (Å²) >= 11 is 0. The zero-order chi connectivity index (χ0) is 9.64. The average Bonchev–Trinajstić information content (AvgIpc) is 2.26. The van der Waals surface area contributed by atoms with Gasteiger partial charge in [0.2, 0.25) is 5.78 Å². The molecule has 0 aliphatic heterocycles. The lowest BCUT2D eigenvalue weighted by atomic mass is 10.1. The number of Topliss-reactive ketones (excluding diaryl/α,β-unsaturated/α-hetero) is 1. The first-order valence-corrected chi connectivity index (χ1v) is 3.72. The molecule has 1 aliphatic carbocycles. The van der Waals surface area contributed by atoms with Crippen LogP contribution < -0.4 is 0 Å². The molecule has 0 spiro atoms. The molecule has 68 valence electrons. The van der Waals surface area contributed by atoms with Gasteiger partial charge in [-0.15, -0.1) is 0 Å². The van der Waals surface area contributed by atoms with E-state index < -0.39 is 23.9 Å². The molecule has 0 amide bonds. The molecule has 0 saturated heterocycles. The SMILES string of the molecule is O=C1c2cc(F)ccc2CC1(F)F. The molecule has 0 heterocycles. The Labute approximate surface area is 72.2 Å². The number of rotatable bonds is 0. The summed E-state index contributed by atoms with van der Waals surface area (Å²) in [6.45, 7) is 0. The molecule has 1 nitrogen and oxygen atoms in total. The van der Waals surface area contributed by atoms with Crippen LogP contribution in [0.1, 0.15) is 15.9 Å². The number of fused-ring (bicyclic) bond motifs is 1. The van der Waals surface area contributed by atoms with Crippen molar-refractivity contribution in [2.45, 2.75) is 12.3 Å². The largest absolute Gasteiger partial charge is 0.313 e. The van der Waals surface area contributed by atoms with Gasteiger partial charge in [0.05, 0.1) is 0 Å². The second-order valence-corrected chi connectivity index (χ2v) is 3.01. The molecule has 1 aromatic rings. The highest BCUT2D eigenvalue weighted by Crippen LogP contribution is 2.34. The molecule has 0 saturated carbocycles. The van der Waals surface area contributed by atoms with E-state index in [-0.39, 0.29) is 11.1 Å². The summed E-state index contributed by atoms with van der Waals surface area (Å²) in [5, 5.41) is 0. The Hall–Kier alpha value is -1.32. The predicted molar refractivity (Wildman–Crippen MR) is 39.4 cm³/mol. The van der Waals surface area contributed by atoms with Crippen LogP contribution in [-0.4, -0.2) is 11.7 Å². The van der Waals surface area contributed by atoms with E-state index >= 15 is 0 Å². The van der Waals surface area contributed by atoms with Crippen molar-refractivity contribution in [3.05, 3.63) is 35.1 Å². The van der Waals surface area contributed by atoms with Crippen LogP contribution in [0.2, 0.25) is 0 Å². The summed E-state index contributed by atoms with van der Waals surface area (Å²) < 4.78 is 38.2. The van der Waals surface area contributed by atoms with Crippen LogP contribution in [0.5, 0.6) is 0 Å². The van der Waals surface area contributed by atoms with Gasteiger partial charge in [0.25, 0.3) is 0 Å². The molecule has 0 atom stereocenters. The third kappa shape index (κ3) is 1.13. The summed E-state index contributed by atoms with van der Waals surface area (Å²) in [6, 6.07) is 3.16. The summed E-state index contributed by atoms with van der Waals surface area (Å²) in [7, 11) is 0. The van der Waals surface area contributed by atoms with Crippen LogP contribution in [0, 0.1) is 5.82 Å². The number of carbonyl (C=O) groups excluding carboxylic acids is 1. The monoisotopic (exact) mass is 186 g/mol. The van der Waals surface area contributed by atoms with Crippen molar-refractivity contribution in [1.29, 1.82) is 0 Å². The van der Waals surface area contributed by atoms with Gasteiger partial charge in [0, 0.05) is 12.0 Å². The molecule has 1 aromatic carbocycles. The molecule has 4 heteroatoms. The summed E-state index contributed by atoms with van der Waals surface area (Å²) in [6.07, 6.45) is -0.610. The smallest absolute Gasteiger partial charge is 0.287 e. The van der Waals surface area contributed by atoms with Gasteiger partial charge in [-0.2, -0.15) is 8.78 Å². The number of halogens is 3. The molecule has 0 radical (unpaired) electrons. The van der Waals surface area contributed by atoms with Crippen molar-refractivity contribution in [1.82, 2.24) is 0 Å². The molecule has 2 rings (SSSR count). The molecule has 1 aliphatic rings. The number of hydrogen-bond acceptors (Lipinski definition) is 1. The van der Waals surface area contributed by atoms with E-state index in [4.69, 9.17) is 0 Å². The van der Waals surface area contributed by atoms with Crippen molar-refractivity contribution < 1.29 is 18.0 Å². The lowest BCUT2D eigenvalue weighted by molar-refractivity contribution is 0.0168. The topological polar surface area (TPSA) is 17.1 Å². The number of alkyl halides is 2. The van der Waals surface area contributed by atoms with E-state index in [0.717, 1.165) is 12.1 Å². The molecule has 13 heavy (non-hydrogen) atoms. The molecule has 0 bridgehead atoms. The Bertz CT molecular complexity index is 384. The fourth-order valence-electron chi connectivity index (χ4n) is 1.43. The summed E-state index contributed by atoms with van der Waals surface area (Å²) in [5.74, 6) is -5.29. The van der Waals surface area contributed by atoms with Gasteiger partial charge >= 0.3 is 5.92 Å². The summed E-state index contributed by atoms with van der Waals surface area (Å²) in [5.41, 5.74) is 0.0291. The van der Waals surface area contributed by atoms with E-state index in [1.807, 2.05) is 0 Å². The van der Waals surface area contributed by atoms with Crippen LogP contribution in [-0.2, 0) is 6.42 Å². The maximum Gasteiger partial charge on any atom is 0.313 e. The highest BCUT2D eigenvalue weighted by Gasteiger charge is 2.46. The van der Waals surface area contributed by atoms with Gasteiger partial charge in [-0.3, -0.25) is 4.79 Å². The van der Waals surface area contributed by atoms with Crippen LogP contribution >= 0.6 is 0 Å². The minimum Gasteiger partial charge on any atom is -0.287 e. The molecule has 0 N–H and O–H groups in total. The fraction of sp³-hybridized carbons (Fsp3) is 0.222. The van der Waals surface area contributed by atoms with E-state index in [1.165, 1.54) is 6.07 Å². The lowest BCUT2D eigenvalue weighted by Crippen LogP contribution is -2.23. The number of benzene rings is 1. The van der Waals surface area contributed by atoms with Gasteiger partial charge in [0.1, 0.15) is 5.82 Å². The van der Waals surface area contributed by atoms with Gasteiger partial charge in [-0.1, -0.05) is 6.07 Å². The van der Waals surface area contributed by atoms with Crippen molar-refractivity contribution >= 4 is 5.78 Å². The first-order valence-electron chi connectivity index (χ1n) is 3.72. The maximum atomic E-state index is 12.8. The highest BCUT2D eigenvalue weighted by molar-refractivity contribution is 6.05. The van der Waals surface area contributed by atoms with Crippen molar-refractivity contribution in [2.24, 2.45) is 0 Å². The zero-order valence-corrected chi connectivity index (χ0v) is 6.48. The zero-order valence-electron chi connectivity index (χ0n) is 6.48. The molecule has 0 aromatic heterocycles. The van der Waals surface area contributed by atoms with Gasteiger partial charge in [-0.25, -0.2) is 4.39 Å². The first kappa shape index (κ1) is 8.29. The standard InChI is InChI=1S/C9H5F3O/c10-6-2-1-5-4-9(11,12)8(13)7(5)3-6/h1-3H,4H2. The van der Waals surface area contributed by atoms with Crippen molar-refractivity contribution in [3.63, 3.8) is 0 Å². The molecule has 0 fully saturated rings. The van der Waals surface area contributed by atoms with E-state index in [0.29, 0.717) is 0 Å². The quantitative estimate of drug-likeness (QED) is 0.607. The second kappa shape index (κ2) is 2.34. The predicted octanol–water partition coefficient (Wildman–Crippen LogP) is 2.20. The third-order valence-corrected chi connectivity index (χ3v) is 2.06. The number of ketones is 1. The minimum absolute atomic E-state index is 0.190. The van der Waals surface area contributed by atoms with Gasteiger partial charge < -0.3 is 0 Å². The summed E-state index contributed by atoms with van der Waals surface area (Å²) in [4.78, 5) is 11.0. The van der Waals surface area contributed by atoms with E-state index in [2.05, 4.69) is 0 Å². The van der Waals surface area contributed by atoms with Crippen LogP contribution in [0.15, 0.2) is 18.2 Å². The highest BCUT2D eigenvalue weighted by atomic mass is 19.3. The van der Waals surface area contributed by atoms with Crippen molar-refractivity contribution in [2.75, 3.05) is 0 Å². The Morgan fingerprint density at radius 3 is 2.69 bits per heavy atom. The number of hydrogen-bond donors (Lipinski definition) is 0. The van der Waals surface area contributed by atoms with Gasteiger partial charge in [0.15, 0.2) is 0 Å². The third-order valence-electron chi connectivity index (χ3n) is 2.06. The van der Waals surface area contributed by atoms with Crippen LogP contribution in [0.4, 0.5) is 13.2 Å². The van der Waals surface area contributed by atoms with E-state index in [9.17, 15) is 18.0 Å². The second-order valence-electron chi connectivity index (χ2n) is 3.01. The number of carbonyl (C=O) groups is 1. The van der Waals surface area contributed by atoms with E-state index in [1.54, 1.807) is 0 Å². The maximum absolute atomic E-state index is 12.8. The molecular formula is C9H5F3O. The Kier molecular flexibility index (Phi) is 1.49. The van der Waals surface area contributed by atoms with Crippen LogP contribution in [0.3, 0.4) is 0 Å². The first-order chi connectivity index (χ1) is 6.00. The Morgan fingerprint density at radius 2 is 2.00 bits per heavy atom. The molecular weight excluding hydrogens is 181 g/mol. The van der Waals surface area contributed by atoms with Crippen LogP contribution in [0.25, 0.3) is 0 Å². The lowest BCUT2D eigenvalue weighted by Gasteiger charge is -2.02. The minimum atomic E-state index is -3.35. The van der Waals surface area contributed by atoms with Gasteiger partial charge in [-0.05, 0) is 17.7 Å². The Balaban J connectivity index is 2.57. The Morgan fingerprint density at radius 1 is 1.31 bits per heavy atom. The fourth-order valence-corrected chi connectivity index (χ4v) is 1.43. The van der Waals surface area contributed by atoms with Crippen molar-refractivity contribution in [3.8, 4) is 0 Å².